The zero-order valence-electron chi connectivity index (χ0n) is 11.9. The van der Waals surface area contributed by atoms with Crippen molar-refractivity contribution in [2.24, 2.45) is 0 Å². The van der Waals surface area contributed by atoms with E-state index in [1.54, 1.807) is 0 Å². The molecule has 104 valence electrons. The monoisotopic (exact) mass is 261 g/mol. The molecule has 2 rings (SSSR count). The summed E-state index contributed by atoms with van der Waals surface area (Å²) in [7, 11) is 0. The van der Waals surface area contributed by atoms with E-state index in [4.69, 9.17) is 0 Å². The Morgan fingerprint density at radius 2 is 2.21 bits per heavy atom. The molecule has 1 fully saturated rings. The van der Waals surface area contributed by atoms with Crippen LogP contribution in [0.25, 0.3) is 0 Å². The number of hydrogen-bond acceptors (Lipinski definition) is 2. The first-order valence-corrected chi connectivity index (χ1v) is 7.17. The third-order valence-electron chi connectivity index (χ3n) is 4.15. The second kappa shape index (κ2) is 6.20. The minimum Gasteiger partial charge on any atom is -0.480 e. The highest BCUT2D eigenvalue weighted by molar-refractivity contribution is 5.73. The predicted molar refractivity (Wildman–Crippen MR) is 76.2 cm³/mol. The summed E-state index contributed by atoms with van der Waals surface area (Å²) in [5, 5.41) is 9.34. The van der Waals surface area contributed by atoms with E-state index in [0.29, 0.717) is 0 Å². The summed E-state index contributed by atoms with van der Waals surface area (Å²) in [6, 6.07) is 6.05. The average molecular weight is 261 g/mol. The lowest BCUT2D eigenvalue weighted by Gasteiger charge is -2.33. The van der Waals surface area contributed by atoms with Gasteiger partial charge in [0, 0.05) is 6.54 Å². The first-order chi connectivity index (χ1) is 9.13. The van der Waals surface area contributed by atoms with Gasteiger partial charge >= 0.3 is 5.97 Å². The Kier molecular flexibility index (Phi) is 4.59. The lowest BCUT2D eigenvalue weighted by Crippen LogP contribution is -2.44. The number of piperidine rings is 1. The molecule has 0 aromatic heterocycles. The minimum atomic E-state index is -0.675. The summed E-state index contributed by atoms with van der Waals surface area (Å²) < 4.78 is 0. The maximum Gasteiger partial charge on any atom is 0.320 e. The Balaban J connectivity index is 2.21. The van der Waals surface area contributed by atoms with E-state index in [0.717, 1.165) is 38.8 Å². The van der Waals surface area contributed by atoms with Crippen LogP contribution in [0.2, 0.25) is 0 Å². The van der Waals surface area contributed by atoms with Crippen molar-refractivity contribution in [3.05, 3.63) is 34.9 Å². The SMILES string of the molecule is CCc1cccc(C)c1CN1CCCCC1C(=O)O. The number of carboxylic acids is 1. The van der Waals surface area contributed by atoms with Crippen LogP contribution in [0.4, 0.5) is 0 Å². The van der Waals surface area contributed by atoms with Gasteiger partial charge < -0.3 is 5.11 Å². The Hall–Kier alpha value is -1.35. The van der Waals surface area contributed by atoms with E-state index in [2.05, 4.69) is 36.9 Å². The summed E-state index contributed by atoms with van der Waals surface area (Å²) >= 11 is 0. The number of carboxylic acid groups (broad SMARTS) is 1. The van der Waals surface area contributed by atoms with Crippen molar-refractivity contribution < 1.29 is 9.90 Å². The molecular weight excluding hydrogens is 238 g/mol. The van der Waals surface area contributed by atoms with Crippen molar-refractivity contribution in [2.45, 2.75) is 52.1 Å². The fraction of sp³-hybridized carbons (Fsp3) is 0.562. The molecule has 1 N–H and O–H groups in total. The van der Waals surface area contributed by atoms with Crippen LogP contribution in [0.15, 0.2) is 18.2 Å². The van der Waals surface area contributed by atoms with Crippen molar-refractivity contribution in [2.75, 3.05) is 6.54 Å². The first kappa shape index (κ1) is 14.1. The molecule has 1 aliphatic heterocycles. The number of likely N-dealkylation sites (tertiary alicyclic amines) is 1. The lowest BCUT2D eigenvalue weighted by molar-refractivity contribution is -0.144. The third kappa shape index (κ3) is 3.16. The molecule has 1 aromatic carbocycles. The van der Waals surface area contributed by atoms with Crippen LogP contribution in [0, 0.1) is 6.92 Å². The van der Waals surface area contributed by atoms with Crippen LogP contribution in [-0.4, -0.2) is 28.6 Å². The molecular formula is C16H23NO2. The van der Waals surface area contributed by atoms with E-state index >= 15 is 0 Å². The molecule has 0 bridgehead atoms. The molecule has 1 unspecified atom stereocenters. The van der Waals surface area contributed by atoms with E-state index in [1.165, 1.54) is 16.7 Å². The van der Waals surface area contributed by atoms with Gasteiger partial charge in [0.25, 0.3) is 0 Å². The highest BCUT2D eigenvalue weighted by Gasteiger charge is 2.28. The van der Waals surface area contributed by atoms with Crippen molar-refractivity contribution in [3.8, 4) is 0 Å². The van der Waals surface area contributed by atoms with Gasteiger partial charge in [-0.15, -0.1) is 0 Å². The molecule has 0 radical (unpaired) electrons. The zero-order valence-corrected chi connectivity index (χ0v) is 11.9. The van der Waals surface area contributed by atoms with Gasteiger partial charge in [-0.3, -0.25) is 9.69 Å². The van der Waals surface area contributed by atoms with Gasteiger partial charge in [-0.1, -0.05) is 31.5 Å². The van der Waals surface area contributed by atoms with Gasteiger partial charge in [-0.05, 0) is 49.4 Å². The molecule has 19 heavy (non-hydrogen) atoms. The third-order valence-corrected chi connectivity index (χ3v) is 4.15. The minimum absolute atomic E-state index is 0.307. The molecule has 1 aliphatic rings. The Morgan fingerprint density at radius 3 is 2.89 bits per heavy atom. The number of nitrogens with zero attached hydrogens (tertiary/aromatic N) is 1. The van der Waals surface area contributed by atoms with Crippen LogP contribution >= 0.6 is 0 Å². The highest BCUT2D eigenvalue weighted by atomic mass is 16.4. The first-order valence-electron chi connectivity index (χ1n) is 7.17. The Labute approximate surface area is 115 Å². The largest absolute Gasteiger partial charge is 0.480 e. The molecule has 0 amide bonds. The summed E-state index contributed by atoms with van der Waals surface area (Å²) in [5.74, 6) is -0.675. The number of hydrogen-bond donors (Lipinski definition) is 1. The maximum absolute atomic E-state index is 11.4. The summed E-state index contributed by atoms with van der Waals surface area (Å²) in [6.07, 6.45) is 3.92. The van der Waals surface area contributed by atoms with Gasteiger partial charge in [0.1, 0.15) is 6.04 Å². The lowest BCUT2D eigenvalue weighted by atomic mass is 9.96. The molecule has 0 spiro atoms. The van der Waals surface area contributed by atoms with Gasteiger partial charge in [-0.25, -0.2) is 0 Å². The van der Waals surface area contributed by atoms with Gasteiger partial charge in [0.15, 0.2) is 0 Å². The van der Waals surface area contributed by atoms with E-state index in [9.17, 15) is 9.90 Å². The van der Waals surface area contributed by atoms with Crippen LogP contribution in [-0.2, 0) is 17.8 Å². The second-order valence-electron chi connectivity index (χ2n) is 5.39. The molecule has 1 heterocycles. The van der Waals surface area contributed by atoms with Crippen molar-refractivity contribution in [3.63, 3.8) is 0 Å². The number of carbonyl (C=O) groups is 1. The van der Waals surface area contributed by atoms with Crippen molar-refractivity contribution >= 4 is 5.97 Å². The maximum atomic E-state index is 11.4. The number of aliphatic carboxylic acids is 1. The molecule has 1 saturated heterocycles. The topological polar surface area (TPSA) is 40.5 Å². The standard InChI is InChI=1S/C16H23NO2/c1-3-13-8-6-7-12(2)14(13)11-17-10-5-4-9-15(17)16(18)19/h6-8,15H,3-5,9-11H2,1-2H3,(H,18,19). The van der Waals surface area contributed by atoms with Gasteiger partial charge in [0.2, 0.25) is 0 Å². The fourth-order valence-electron chi connectivity index (χ4n) is 2.98. The van der Waals surface area contributed by atoms with Crippen molar-refractivity contribution in [1.82, 2.24) is 4.90 Å². The van der Waals surface area contributed by atoms with E-state index in [1.807, 2.05) is 0 Å². The van der Waals surface area contributed by atoms with Gasteiger partial charge in [0.05, 0.1) is 0 Å². The normalized spacial score (nSPS) is 20.4. The van der Waals surface area contributed by atoms with E-state index in [-0.39, 0.29) is 6.04 Å². The molecule has 3 nitrogen and oxygen atoms in total. The van der Waals surface area contributed by atoms with E-state index < -0.39 is 5.97 Å². The molecule has 0 aliphatic carbocycles. The molecule has 1 atom stereocenters. The Morgan fingerprint density at radius 1 is 1.42 bits per heavy atom. The van der Waals surface area contributed by atoms with Crippen LogP contribution in [0.5, 0.6) is 0 Å². The average Bonchev–Trinajstić information content (AvgIpc) is 2.41. The zero-order chi connectivity index (χ0) is 13.8. The molecule has 3 heteroatoms. The van der Waals surface area contributed by atoms with Crippen LogP contribution in [0.1, 0.15) is 42.9 Å². The molecule has 1 aromatic rings. The quantitative estimate of drug-likeness (QED) is 0.905. The summed E-state index contributed by atoms with van der Waals surface area (Å²) in [5.41, 5.74) is 3.93. The fourth-order valence-corrected chi connectivity index (χ4v) is 2.98. The Bertz CT molecular complexity index is 456. The van der Waals surface area contributed by atoms with Crippen LogP contribution < -0.4 is 0 Å². The summed E-state index contributed by atoms with van der Waals surface area (Å²) in [4.78, 5) is 13.5. The number of rotatable bonds is 4. The second-order valence-corrected chi connectivity index (χ2v) is 5.39. The van der Waals surface area contributed by atoms with Crippen LogP contribution in [0.3, 0.4) is 0 Å². The highest BCUT2D eigenvalue weighted by Crippen LogP contribution is 2.23. The van der Waals surface area contributed by atoms with Gasteiger partial charge in [-0.2, -0.15) is 0 Å². The predicted octanol–water partition coefficient (Wildman–Crippen LogP) is 3.00. The molecule has 0 saturated carbocycles. The number of benzene rings is 1. The number of aryl methyl sites for hydroxylation is 2. The smallest absolute Gasteiger partial charge is 0.320 e. The van der Waals surface area contributed by atoms with Crippen molar-refractivity contribution in [1.29, 1.82) is 0 Å². The summed E-state index contributed by atoms with van der Waals surface area (Å²) in [6.45, 7) is 5.94.